The quantitative estimate of drug-likeness (QED) is 0.720. The molecule has 0 bridgehead atoms. The first-order valence-electron chi connectivity index (χ1n) is 6.72. The van der Waals surface area contributed by atoms with Gasteiger partial charge in [-0.1, -0.05) is 11.6 Å². The van der Waals surface area contributed by atoms with Gasteiger partial charge in [-0.3, -0.25) is 0 Å². The van der Waals surface area contributed by atoms with Gasteiger partial charge in [-0.25, -0.2) is 0 Å². The Bertz CT molecular complexity index is 631. The Morgan fingerprint density at radius 1 is 1.19 bits per heavy atom. The van der Waals surface area contributed by atoms with Gasteiger partial charge in [-0.05, 0) is 50.2 Å². The highest BCUT2D eigenvalue weighted by Gasteiger charge is 2.14. The van der Waals surface area contributed by atoms with E-state index >= 15 is 0 Å². The van der Waals surface area contributed by atoms with E-state index in [2.05, 4.69) is 5.32 Å². The number of aromatic hydroxyl groups is 2. The van der Waals surface area contributed by atoms with Crippen LogP contribution < -0.4 is 10.1 Å². The van der Waals surface area contributed by atoms with Crippen LogP contribution >= 0.6 is 11.6 Å². The van der Waals surface area contributed by atoms with Crippen molar-refractivity contribution in [3.63, 3.8) is 0 Å². The van der Waals surface area contributed by atoms with Gasteiger partial charge in [0.25, 0.3) is 0 Å². The van der Waals surface area contributed by atoms with E-state index in [0.717, 1.165) is 5.69 Å². The minimum Gasteiger partial charge on any atom is -0.508 e. The number of ether oxygens (including phenoxy) is 1. The van der Waals surface area contributed by atoms with Gasteiger partial charge >= 0.3 is 0 Å². The molecule has 21 heavy (non-hydrogen) atoms. The number of anilines is 1. The summed E-state index contributed by atoms with van der Waals surface area (Å²) in [6.07, 6.45) is 0. The zero-order chi connectivity index (χ0) is 15.4. The van der Waals surface area contributed by atoms with Crippen molar-refractivity contribution >= 4 is 17.3 Å². The number of phenols is 2. The van der Waals surface area contributed by atoms with Gasteiger partial charge in [0.15, 0.2) is 0 Å². The third kappa shape index (κ3) is 3.73. The van der Waals surface area contributed by atoms with E-state index in [4.69, 9.17) is 16.3 Å². The first-order chi connectivity index (χ1) is 10.0. The highest BCUT2D eigenvalue weighted by molar-refractivity contribution is 6.30. The summed E-state index contributed by atoms with van der Waals surface area (Å²) in [6.45, 7) is 4.33. The molecule has 0 fully saturated rings. The fourth-order valence-electron chi connectivity index (χ4n) is 2.10. The molecule has 3 N–H and O–H groups in total. The number of benzene rings is 2. The van der Waals surface area contributed by atoms with Crippen LogP contribution in [0.25, 0.3) is 0 Å². The molecule has 2 rings (SSSR count). The Kier molecular flexibility index (Phi) is 4.81. The molecule has 0 saturated heterocycles. The third-order valence-electron chi connectivity index (χ3n) is 3.09. The van der Waals surface area contributed by atoms with Crippen molar-refractivity contribution in [2.75, 3.05) is 11.9 Å². The maximum Gasteiger partial charge on any atom is 0.142 e. The Balaban J connectivity index is 2.28. The molecule has 0 spiro atoms. The average molecular weight is 308 g/mol. The van der Waals surface area contributed by atoms with Crippen LogP contribution in [0.4, 0.5) is 5.69 Å². The average Bonchev–Trinajstić information content (AvgIpc) is 2.44. The Hall–Kier alpha value is -2.07. The minimum atomic E-state index is -0.227. The van der Waals surface area contributed by atoms with Crippen molar-refractivity contribution in [3.8, 4) is 17.2 Å². The van der Waals surface area contributed by atoms with Crippen molar-refractivity contribution in [3.05, 3.63) is 47.0 Å². The maximum absolute atomic E-state index is 9.90. The molecule has 0 heterocycles. The Morgan fingerprint density at radius 2 is 1.95 bits per heavy atom. The highest BCUT2D eigenvalue weighted by atomic mass is 35.5. The van der Waals surface area contributed by atoms with E-state index in [-0.39, 0.29) is 17.5 Å². The SMILES string of the molecule is CCOc1ccc(Cl)cc1NC(C)c1cc(O)ccc1O. The molecule has 5 heteroatoms. The smallest absolute Gasteiger partial charge is 0.142 e. The molecule has 2 aromatic carbocycles. The van der Waals surface area contributed by atoms with Crippen LogP contribution in [0.1, 0.15) is 25.5 Å². The molecule has 0 aliphatic heterocycles. The summed E-state index contributed by atoms with van der Waals surface area (Å²) >= 11 is 6.02. The molecule has 1 unspecified atom stereocenters. The zero-order valence-electron chi connectivity index (χ0n) is 11.9. The van der Waals surface area contributed by atoms with Gasteiger partial charge in [0, 0.05) is 10.6 Å². The van der Waals surface area contributed by atoms with Crippen LogP contribution in [-0.2, 0) is 0 Å². The molecular formula is C16H18ClNO3. The summed E-state index contributed by atoms with van der Waals surface area (Å²) in [4.78, 5) is 0. The zero-order valence-corrected chi connectivity index (χ0v) is 12.7. The van der Waals surface area contributed by atoms with Gasteiger partial charge in [0.1, 0.15) is 17.2 Å². The lowest BCUT2D eigenvalue weighted by atomic mass is 10.1. The predicted molar refractivity (Wildman–Crippen MR) is 84.4 cm³/mol. The normalized spacial score (nSPS) is 12.0. The first-order valence-corrected chi connectivity index (χ1v) is 7.09. The molecule has 112 valence electrons. The van der Waals surface area contributed by atoms with Crippen molar-refractivity contribution < 1.29 is 14.9 Å². The molecule has 0 amide bonds. The van der Waals surface area contributed by atoms with Crippen LogP contribution in [0.3, 0.4) is 0 Å². The number of phenolic OH excluding ortho intramolecular Hbond substituents is 2. The summed E-state index contributed by atoms with van der Waals surface area (Å²) in [7, 11) is 0. The largest absolute Gasteiger partial charge is 0.508 e. The van der Waals surface area contributed by atoms with Gasteiger partial charge in [0.2, 0.25) is 0 Å². The lowest BCUT2D eigenvalue weighted by Crippen LogP contribution is -2.08. The summed E-state index contributed by atoms with van der Waals surface area (Å²) in [6, 6.07) is 9.52. The summed E-state index contributed by atoms with van der Waals surface area (Å²) < 4.78 is 5.55. The van der Waals surface area contributed by atoms with E-state index in [1.807, 2.05) is 13.8 Å². The van der Waals surface area contributed by atoms with Crippen molar-refractivity contribution in [2.24, 2.45) is 0 Å². The molecule has 2 aromatic rings. The topological polar surface area (TPSA) is 61.7 Å². The van der Waals surface area contributed by atoms with Crippen LogP contribution in [-0.4, -0.2) is 16.8 Å². The molecule has 0 aliphatic rings. The number of hydrogen-bond donors (Lipinski definition) is 3. The van der Waals surface area contributed by atoms with Crippen molar-refractivity contribution in [1.29, 1.82) is 0 Å². The fraction of sp³-hybridized carbons (Fsp3) is 0.250. The molecule has 1 atom stereocenters. The van der Waals surface area contributed by atoms with Crippen LogP contribution in [0, 0.1) is 0 Å². The minimum absolute atomic E-state index is 0.104. The van der Waals surface area contributed by atoms with Crippen molar-refractivity contribution in [1.82, 2.24) is 0 Å². The van der Waals surface area contributed by atoms with Crippen LogP contribution in [0.15, 0.2) is 36.4 Å². The first kappa shape index (κ1) is 15.3. The standard InChI is InChI=1S/C16H18ClNO3/c1-3-21-16-7-4-11(17)8-14(16)18-10(2)13-9-12(19)5-6-15(13)20/h4-10,18-20H,3H2,1-2H3. The van der Waals surface area contributed by atoms with Crippen LogP contribution in [0.5, 0.6) is 17.2 Å². The molecular weight excluding hydrogens is 290 g/mol. The number of halogens is 1. The lowest BCUT2D eigenvalue weighted by Gasteiger charge is -2.19. The highest BCUT2D eigenvalue weighted by Crippen LogP contribution is 2.34. The van der Waals surface area contributed by atoms with Gasteiger partial charge in [-0.15, -0.1) is 0 Å². The van der Waals surface area contributed by atoms with E-state index in [9.17, 15) is 10.2 Å². The summed E-state index contributed by atoms with van der Waals surface area (Å²) in [5, 5.41) is 23.3. The van der Waals surface area contributed by atoms with Crippen LogP contribution in [0.2, 0.25) is 5.02 Å². The molecule has 0 saturated carbocycles. The van der Waals surface area contributed by atoms with E-state index < -0.39 is 0 Å². The number of rotatable bonds is 5. The number of nitrogens with one attached hydrogen (secondary N) is 1. The third-order valence-corrected chi connectivity index (χ3v) is 3.33. The molecule has 4 nitrogen and oxygen atoms in total. The van der Waals surface area contributed by atoms with Gasteiger partial charge in [-0.2, -0.15) is 0 Å². The predicted octanol–water partition coefficient (Wildman–Crippen LogP) is 4.32. The fourth-order valence-corrected chi connectivity index (χ4v) is 2.27. The van der Waals surface area contributed by atoms with E-state index in [0.29, 0.717) is 22.9 Å². The van der Waals surface area contributed by atoms with Gasteiger partial charge in [0.05, 0.1) is 18.3 Å². The van der Waals surface area contributed by atoms with Gasteiger partial charge < -0.3 is 20.3 Å². The summed E-state index contributed by atoms with van der Waals surface area (Å²) in [5.74, 6) is 0.911. The monoisotopic (exact) mass is 307 g/mol. The number of hydrogen-bond acceptors (Lipinski definition) is 4. The molecule has 0 aromatic heterocycles. The maximum atomic E-state index is 9.90. The Labute approximate surface area is 129 Å². The molecule has 0 aliphatic carbocycles. The van der Waals surface area contributed by atoms with E-state index in [1.165, 1.54) is 18.2 Å². The second-order valence-electron chi connectivity index (χ2n) is 4.68. The lowest BCUT2D eigenvalue weighted by molar-refractivity contribution is 0.341. The van der Waals surface area contributed by atoms with E-state index in [1.54, 1.807) is 18.2 Å². The molecule has 0 radical (unpaired) electrons. The summed E-state index contributed by atoms with van der Waals surface area (Å²) in [5.41, 5.74) is 1.33. The Morgan fingerprint density at radius 3 is 2.67 bits per heavy atom. The van der Waals surface area contributed by atoms with Crippen molar-refractivity contribution in [2.45, 2.75) is 19.9 Å². The second kappa shape index (κ2) is 6.59. The second-order valence-corrected chi connectivity index (χ2v) is 5.12.